The molecule has 0 radical (unpaired) electrons. The van der Waals surface area contributed by atoms with Crippen LogP contribution in [0.3, 0.4) is 0 Å². The molecule has 1 heterocycles. The quantitative estimate of drug-likeness (QED) is 0.875. The van der Waals surface area contributed by atoms with Gasteiger partial charge in [-0.15, -0.1) is 0 Å². The molecule has 2 rings (SSSR count). The number of aromatic nitrogens is 1. The van der Waals surface area contributed by atoms with Crippen molar-refractivity contribution in [2.24, 2.45) is 0 Å². The number of nitrogens with zero attached hydrogens (tertiary/aromatic N) is 1. The Hall–Kier alpha value is -1.97. The number of carbonyl (C=O) groups is 1. The molecule has 4 nitrogen and oxygen atoms in total. The third-order valence-electron chi connectivity index (χ3n) is 3.16. The Bertz CT molecular complexity index is 611. The maximum atomic E-state index is 11.5. The number of hydrogen-bond donors (Lipinski definition) is 2. The summed E-state index contributed by atoms with van der Waals surface area (Å²) in [5, 5.41) is 19.6. The van der Waals surface area contributed by atoms with Crippen molar-refractivity contribution in [3.63, 3.8) is 0 Å². The lowest BCUT2D eigenvalue weighted by Gasteiger charge is -2.11. The van der Waals surface area contributed by atoms with Gasteiger partial charge < -0.3 is 14.8 Å². The minimum absolute atomic E-state index is 0.0913. The molecular formula is C14H17NO3. The number of aromatic hydroxyl groups is 1. The molecule has 0 fully saturated rings. The standard InChI is InChI=1S/C14H17NO3/c1-4-15-11-6-5-9(16)7-10(11)12(14(17)18)13(15)8(2)3/h5-8,16H,4H2,1-3H3,(H,17,18). The molecule has 0 saturated heterocycles. The summed E-state index contributed by atoms with van der Waals surface area (Å²) in [4.78, 5) is 11.5. The maximum Gasteiger partial charge on any atom is 0.338 e. The first-order valence-electron chi connectivity index (χ1n) is 6.05. The van der Waals surface area contributed by atoms with Crippen LogP contribution < -0.4 is 0 Å². The van der Waals surface area contributed by atoms with Crippen molar-refractivity contribution < 1.29 is 15.0 Å². The molecule has 0 aliphatic heterocycles. The van der Waals surface area contributed by atoms with Gasteiger partial charge in [0.2, 0.25) is 0 Å². The Kier molecular flexibility index (Phi) is 3.03. The van der Waals surface area contributed by atoms with E-state index in [1.165, 1.54) is 6.07 Å². The van der Waals surface area contributed by atoms with Crippen LogP contribution in [0.5, 0.6) is 5.75 Å². The molecule has 2 N–H and O–H groups in total. The van der Waals surface area contributed by atoms with E-state index in [9.17, 15) is 15.0 Å². The number of hydrogen-bond acceptors (Lipinski definition) is 2. The van der Waals surface area contributed by atoms with Crippen LogP contribution in [0.1, 0.15) is 42.7 Å². The summed E-state index contributed by atoms with van der Waals surface area (Å²) < 4.78 is 2.00. The molecule has 1 aromatic carbocycles. The molecule has 0 saturated carbocycles. The Balaban J connectivity index is 2.94. The third kappa shape index (κ3) is 1.74. The number of carboxylic acid groups (broad SMARTS) is 1. The van der Waals surface area contributed by atoms with Crippen LogP contribution in [0.15, 0.2) is 18.2 Å². The van der Waals surface area contributed by atoms with Crippen molar-refractivity contribution in [1.82, 2.24) is 4.57 Å². The first-order valence-corrected chi connectivity index (χ1v) is 6.05. The SMILES string of the molecule is CCn1c(C(C)C)c(C(=O)O)c2cc(O)ccc21. The van der Waals surface area contributed by atoms with E-state index in [1.807, 2.05) is 25.3 Å². The minimum Gasteiger partial charge on any atom is -0.508 e. The zero-order valence-electron chi connectivity index (χ0n) is 10.8. The molecule has 0 aliphatic carbocycles. The van der Waals surface area contributed by atoms with Gasteiger partial charge in [0.1, 0.15) is 5.75 Å². The van der Waals surface area contributed by atoms with Crippen LogP contribution in [-0.4, -0.2) is 20.7 Å². The lowest BCUT2D eigenvalue weighted by molar-refractivity contribution is 0.0697. The topological polar surface area (TPSA) is 62.5 Å². The molecule has 0 aliphatic rings. The second-order valence-electron chi connectivity index (χ2n) is 4.67. The highest BCUT2D eigenvalue weighted by Crippen LogP contribution is 2.33. The largest absolute Gasteiger partial charge is 0.508 e. The monoisotopic (exact) mass is 247 g/mol. The maximum absolute atomic E-state index is 11.5. The van der Waals surface area contributed by atoms with Gasteiger partial charge in [0.05, 0.1) is 5.56 Å². The Morgan fingerprint density at radius 3 is 2.56 bits per heavy atom. The van der Waals surface area contributed by atoms with Gasteiger partial charge in [-0.1, -0.05) is 13.8 Å². The number of aryl methyl sites for hydroxylation is 1. The summed E-state index contributed by atoms with van der Waals surface area (Å²) in [7, 11) is 0. The molecule has 0 atom stereocenters. The van der Waals surface area contributed by atoms with E-state index in [0.717, 1.165) is 11.2 Å². The van der Waals surface area contributed by atoms with Gasteiger partial charge >= 0.3 is 5.97 Å². The molecule has 96 valence electrons. The van der Waals surface area contributed by atoms with Gasteiger partial charge in [-0.3, -0.25) is 0 Å². The highest BCUT2D eigenvalue weighted by molar-refractivity contribution is 6.05. The first kappa shape index (κ1) is 12.5. The fourth-order valence-electron chi connectivity index (χ4n) is 2.53. The predicted molar refractivity (Wildman–Crippen MR) is 70.3 cm³/mol. The molecule has 4 heteroatoms. The minimum atomic E-state index is -0.943. The van der Waals surface area contributed by atoms with Gasteiger partial charge in [-0.05, 0) is 31.0 Å². The predicted octanol–water partition coefficient (Wildman–Crippen LogP) is 3.19. The Labute approximate surface area is 105 Å². The molecule has 2 aromatic rings. The van der Waals surface area contributed by atoms with Crippen molar-refractivity contribution in [1.29, 1.82) is 0 Å². The number of fused-ring (bicyclic) bond motifs is 1. The Morgan fingerprint density at radius 2 is 2.06 bits per heavy atom. The highest BCUT2D eigenvalue weighted by Gasteiger charge is 2.23. The zero-order chi connectivity index (χ0) is 13.4. The second-order valence-corrected chi connectivity index (χ2v) is 4.67. The van der Waals surface area contributed by atoms with E-state index in [-0.39, 0.29) is 11.7 Å². The molecular weight excluding hydrogens is 230 g/mol. The van der Waals surface area contributed by atoms with Crippen LogP contribution in [-0.2, 0) is 6.54 Å². The summed E-state index contributed by atoms with van der Waals surface area (Å²) in [5.74, 6) is -0.736. The fraction of sp³-hybridized carbons (Fsp3) is 0.357. The van der Waals surface area contributed by atoms with Crippen LogP contribution in [0, 0.1) is 0 Å². The van der Waals surface area contributed by atoms with Gasteiger partial charge in [0.25, 0.3) is 0 Å². The van der Waals surface area contributed by atoms with E-state index in [0.29, 0.717) is 17.5 Å². The molecule has 1 aromatic heterocycles. The molecule has 0 spiro atoms. The normalized spacial score (nSPS) is 11.3. The average molecular weight is 247 g/mol. The van der Waals surface area contributed by atoms with Crippen molar-refractivity contribution >= 4 is 16.9 Å². The van der Waals surface area contributed by atoms with Crippen molar-refractivity contribution in [2.45, 2.75) is 33.2 Å². The van der Waals surface area contributed by atoms with E-state index in [4.69, 9.17) is 0 Å². The smallest absolute Gasteiger partial charge is 0.338 e. The van der Waals surface area contributed by atoms with E-state index in [2.05, 4.69) is 0 Å². The summed E-state index contributed by atoms with van der Waals surface area (Å²) >= 11 is 0. The van der Waals surface area contributed by atoms with E-state index < -0.39 is 5.97 Å². The fourth-order valence-corrected chi connectivity index (χ4v) is 2.53. The zero-order valence-corrected chi connectivity index (χ0v) is 10.8. The van der Waals surface area contributed by atoms with Crippen molar-refractivity contribution in [2.75, 3.05) is 0 Å². The van der Waals surface area contributed by atoms with Gasteiger partial charge in [-0.25, -0.2) is 4.79 Å². The Morgan fingerprint density at radius 1 is 1.39 bits per heavy atom. The second kappa shape index (κ2) is 4.37. The van der Waals surface area contributed by atoms with E-state index >= 15 is 0 Å². The third-order valence-corrected chi connectivity index (χ3v) is 3.16. The van der Waals surface area contributed by atoms with Crippen LogP contribution in [0.4, 0.5) is 0 Å². The molecule has 0 unspecified atom stereocenters. The van der Waals surface area contributed by atoms with Crippen molar-refractivity contribution in [3.8, 4) is 5.75 Å². The van der Waals surface area contributed by atoms with Gasteiger partial charge in [-0.2, -0.15) is 0 Å². The molecule has 18 heavy (non-hydrogen) atoms. The van der Waals surface area contributed by atoms with E-state index in [1.54, 1.807) is 12.1 Å². The number of benzene rings is 1. The van der Waals surface area contributed by atoms with Gasteiger partial charge in [0, 0.05) is 23.1 Å². The van der Waals surface area contributed by atoms with Crippen molar-refractivity contribution in [3.05, 3.63) is 29.5 Å². The number of carboxylic acids is 1. The summed E-state index contributed by atoms with van der Waals surface area (Å²) in [6.45, 7) is 6.66. The molecule has 0 amide bonds. The number of phenols is 1. The van der Waals surface area contributed by atoms with Gasteiger partial charge in [0.15, 0.2) is 0 Å². The number of aromatic carboxylic acids is 1. The van der Waals surface area contributed by atoms with Crippen LogP contribution in [0.2, 0.25) is 0 Å². The molecule has 0 bridgehead atoms. The lowest BCUT2D eigenvalue weighted by atomic mass is 10.0. The number of phenolic OH excluding ortho intramolecular Hbond substituents is 1. The average Bonchev–Trinajstić information content (AvgIpc) is 2.62. The lowest BCUT2D eigenvalue weighted by Crippen LogP contribution is -2.07. The summed E-state index contributed by atoms with van der Waals surface area (Å²) in [6, 6.07) is 4.88. The summed E-state index contributed by atoms with van der Waals surface area (Å²) in [5.41, 5.74) is 1.97. The van der Waals surface area contributed by atoms with Crippen LogP contribution >= 0.6 is 0 Å². The van der Waals surface area contributed by atoms with Crippen LogP contribution in [0.25, 0.3) is 10.9 Å². The first-order chi connectivity index (χ1) is 8.47. The summed E-state index contributed by atoms with van der Waals surface area (Å²) in [6.07, 6.45) is 0. The number of rotatable bonds is 3. The highest BCUT2D eigenvalue weighted by atomic mass is 16.4.